The third-order valence-electron chi connectivity index (χ3n) is 3.17. The monoisotopic (exact) mass is 178 g/mol. The molecule has 2 atom stereocenters. The molecule has 2 unspecified atom stereocenters. The van der Waals surface area contributed by atoms with Crippen LogP contribution in [0.1, 0.15) is 19.8 Å². The molecular weight excluding hydrogens is 164 g/mol. The van der Waals surface area contributed by atoms with Gasteiger partial charge in [0.15, 0.2) is 5.76 Å². The first-order valence-corrected chi connectivity index (χ1v) is 5.10. The molecular formula is C11H14O2. The summed E-state index contributed by atoms with van der Waals surface area (Å²) in [4.78, 5) is 0. The van der Waals surface area contributed by atoms with Crippen molar-refractivity contribution in [1.82, 2.24) is 0 Å². The van der Waals surface area contributed by atoms with Crippen LogP contribution < -0.4 is 0 Å². The second kappa shape index (κ2) is 2.53. The molecule has 2 aliphatic carbocycles. The fourth-order valence-corrected chi connectivity index (χ4v) is 2.38. The Bertz CT molecular complexity index is 301. The predicted octanol–water partition coefficient (Wildman–Crippen LogP) is 2.23. The molecule has 0 radical (unpaired) electrons. The Hall–Kier alpha value is -0.920. The summed E-state index contributed by atoms with van der Waals surface area (Å²) in [6.07, 6.45) is 4.63. The lowest BCUT2D eigenvalue weighted by molar-refractivity contribution is 0.0585. The van der Waals surface area contributed by atoms with Crippen molar-refractivity contribution in [3.05, 3.63) is 23.2 Å². The average molecular weight is 178 g/mol. The van der Waals surface area contributed by atoms with Crippen LogP contribution in [0.15, 0.2) is 23.2 Å². The van der Waals surface area contributed by atoms with Gasteiger partial charge in [0, 0.05) is 5.92 Å². The standard InChI is InChI=1S/C11H14O2/c1-2-7-5-10-11(9-6-8(7)9)13-4-3-12-10/h5,8-9H,2-4,6H2,1H3. The Balaban J connectivity index is 1.98. The lowest BCUT2D eigenvalue weighted by Crippen LogP contribution is -2.17. The minimum atomic E-state index is 0.662. The van der Waals surface area contributed by atoms with E-state index in [-0.39, 0.29) is 0 Å². The highest BCUT2D eigenvalue weighted by molar-refractivity contribution is 5.37. The van der Waals surface area contributed by atoms with E-state index in [4.69, 9.17) is 9.47 Å². The molecule has 1 fully saturated rings. The Morgan fingerprint density at radius 3 is 3.00 bits per heavy atom. The minimum Gasteiger partial charge on any atom is -0.490 e. The van der Waals surface area contributed by atoms with Gasteiger partial charge in [-0.3, -0.25) is 0 Å². The van der Waals surface area contributed by atoms with Gasteiger partial charge in [0.25, 0.3) is 0 Å². The van der Waals surface area contributed by atoms with Gasteiger partial charge in [-0.1, -0.05) is 12.5 Å². The Morgan fingerprint density at radius 2 is 2.15 bits per heavy atom. The molecule has 0 bridgehead atoms. The number of fused-ring (bicyclic) bond motifs is 2. The first kappa shape index (κ1) is 7.48. The summed E-state index contributed by atoms with van der Waals surface area (Å²) in [6, 6.07) is 0. The summed E-state index contributed by atoms with van der Waals surface area (Å²) in [5.74, 6) is 3.59. The van der Waals surface area contributed by atoms with Gasteiger partial charge in [0.2, 0.25) is 0 Å². The second-order valence-electron chi connectivity index (χ2n) is 3.95. The van der Waals surface area contributed by atoms with E-state index in [0.29, 0.717) is 12.5 Å². The van der Waals surface area contributed by atoms with Gasteiger partial charge in [-0.15, -0.1) is 0 Å². The second-order valence-corrected chi connectivity index (χ2v) is 3.95. The number of hydrogen-bond donors (Lipinski definition) is 0. The molecule has 0 amide bonds. The molecule has 2 heteroatoms. The van der Waals surface area contributed by atoms with Crippen LogP contribution in [0.4, 0.5) is 0 Å². The minimum absolute atomic E-state index is 0.662. The summed E-state index contributed by atoms with van der Waals surface area (Å²) in [6.45, 7) is 3.66. The van der Waals surface area contributed by atoms with E-state index in [1.165, 1.54) is 6.42 Å². The van der Waals surface area contributed by atoms with Crippen molar-refractivity contribution in [2.24, 2.45) is 11.8 Å². The van der Waals surface area contributed by atoms with E-state index in [9.17, 15) is 0 Å². The topological polar surface area (TPSA) is 18.5 Å². The summed E-state index contributed by atoms with van der Waals surface area (Å²) in [7, 11) is 0. The fraction of sp³-hybridized carbons (Fsp3) is 0.636. The van der Waals surface area contributed by atoms with Crippen LogP contribution in [-0.4, -0.2) is 13.2 Å². The van der Waals surface area contributed by atoms with E-state index in [1.807, 2.05) is 0 Å². The van der Waals surface area contributed by atoms with Crippen LogP contribution in [0.2, 0.25) is 0 Å². The molecule has 0 aromatic carbocycles. The Labute approximate surface area is 78.2 Å². The number of allylic oxidation sites excluding steroid dienone is 3. The van der Waals surface area contributed by atoms with Crippen molar-refractivity contribution in [3.63, 3.8) is 0 Å². The lowest BCUT2D eigenvalue weighted by atomic mass is 10.00. The molecule has 0 spiro atoms. The summed E-state index contributed by atoms with van der Waals surface area (Å²) in [5.41, 5.74) is 1.55. The smallest absolute Gasteiger partial charge is 0.157 e. The molecule has 13 heavy (non-hydrogen) atoms. The van der Waals surface area contributed by atoms with E-state index >= 15 is 0 Å². The van der Waals surface area contributed by atoms with Gasteiger partial charge in [-0.05, 0) is 24.8 Å². The van der Waals surface area contributed by atoms with Gasteiger partial charge in [0.05, 0.1) is 0 Å². The fourth-order valence-electron chi connectivity index (χ4n) is 2.38. The first-order chi connectivity index (χ1) is 6.40. The third kappa shape index (κ3) is 1.01. The molecule has 0 saturated heterocycles. The SMILES string of the molecule is CCC1=CC2=C(OCCO2)C2CC12. The van der Waals surface area contributed by atoms with E-state index in [2.05, 4.69) is 13.0 Å². The van der Waals surface area contributed by atoms with Crippen molar-refractivity contribution in [2.75, 3.05) is 13.2 Å². The van der Waals surface area contributed by atoms with Crippen LogP contribution in [0.5, 0.6) is 0 Å². The van der Waals surface area contributed by atoms with E-state index in [0.717, 1.165) is 30.5 Å². The van der Waals surface area contributed by atoms with Crippen molar-refractivity contribution < 1.29 is 9.47 Å². The van der Waals surface area contributed by atoms with Gasteiger partial charge in [-0.25, -0.2) is 0 Å². The van der Waals surface area contributed by atoms with Crippen molar-refractivity contribution in [2.45, 2.75) is 19.8 Å². The van der Waals surface area contributed by atoms with Gasteiger partial charge < -0.3 is 9.47 Å². The number of ether oxygens (including phenoxy) is 2. The molecule has 1 saturated carbocycles. The third-order valence-corrected chi connectivity index (χ3v) is 3.17. The summed E-state index contributed by atoms with van der Waals surface area (Å²) in [5, 5.41) is 0. The highest BCUT2D eigenvalue weighted by atomic mass is 16.6. The highest BCUT2D eigenvalue weighted by Crippen LogP contribution is 2.54. The zero-order valence-electron chi connectivity index (χ0n) is 7.88. The average Bonchev–Trinajstić information content (AvgIpc) is 2.96. The van der Waals surface area contributed by atoms with Crippen molar-refractivity contribution >= 4 is 0 Å². The maximum atomic E-state index is 5.64. The number of hydrogen-bond acceptors (Lipinski definition) is 2. The van der Waals surface area contributed by atoms with E-state index < -0.39 is 0 Å². The summed E-state index contributed by atoms with van der Waals surface area (Å²) >= 11 is 0. The Morgan fingerprint density at radius 1 is 1.31 bits per heavy atom. The molecule has 1 heterocycles. The van der Waals surface area contributed by atoms with Crippen LogP contribution in [0.3, 0.4) is 0 Å². The van der Waals surface area contributed by atoms with Crippen molar-refractivity contribution in [1.29, 1.82) is 0 Å². The quantitative estimate of drug-likeness (QED) is 0.613. The lowest BCUT2D eigenvalue weighted by Gasteiger charge is -2.24. The zero-order valence-corrected chi connectivity index (χ0v) is 7.88. The Kier molecular flexibility index (Phi) is 1.46. The largest absolute Gasteiger partial charge is 0.490 e. The molecule has 1 aliphatic heterocycles. The van der Waals surface area contributed by atoms with Gasteiger partial charge >= 0.3 is 0 Å². The zero-order chi connectivity index (χ0) is 8.84. The van der Waals surface area contributed by atoms with Crippen LogP contribution in [0, 0.1) is 11.8 Å². The molecule has 0 aromatic rings. The molecule has 2 nitrogen and oxygen atoms in total. The van der Waals surface area contributed by atoms with Crippen LogP contribution in [0.25, 0.3) is 0 Å². The van der Waals surface area contributed by atoms with Crippen LogP contribution >= 0.6 is 0 Å². The van der Waals surface area contributed by atoms with Gasteiger partial charge in [-0.2, -0.15) is 0 Å². The van der Waals surface area contributed by atoms with E-state index in [1.54, 1.807) is 5.57 Å². The predicted molar refractivity (Wildman–Crippen MR) is 48.9 cm³/mol. The molecule has 0 N–H and O–H groups in total. The first-order valence-electron chi connectivity index (χ1n) is 5.10. The van der Waals surface area contributed by atoms with Gasteiger partial charge in [0.1, 0.15) is 19.0 Å². The summed E-state index contributed by atoms with van der Waals surface area (Å²) < 4.78 is 11.2. The normalized spacial score (nSPS) is 35.3. The van der Waals surface area contributed by atoms with Crippen LogP contribution in [-0.2, 0) is 9.47 Å². The highest BCUT2D eigenvalue weighted by Gasteiger charge is 2.47. The molecule has 3 rings (SSSR count). The van der Waals surface area contributed by atoms with Crippen molar-refractivity contribution in [3.8, 4) is 0 Å². The maximum absolute atomic E-state index is 5.64. The molecule has 0 aromatic heterocycles. The maximum Gasteiger partial charge on any atom is 0.157 e. The molecule has 3 aliphatic rings. The number of rotatable bonds is 1. The molecule has 70 valence electrons.